The molecule has 3 amide bonds. The number of halogens is 1. The van der Waals surface area contributed by atoms with Gasteiger partial charge in [0.05, 0.1) is 22.4 Å². The van der Waals surface area contributed by atoms with Gasteiger partial charge in [-0.1, -0.05) is 17.4 Å². The maximum atomic E-state index is 13.2. The van der Waals surface area contributed by atoms with Crippen molar-refractivity contribution in [3.8, 4) is 5.06 Å². The van der Waals surface area contributed by atoms with E-state index in [-0.39, 0.29) is 18.4 Å². The number of anilines is 2. The fraction of sp³-hybridized carbons (Fsp3) is 0.348. The molecule has 174 valence electrons. The van der Waals surface area contributed by atoms with E-state index in [1.165, 1.54) is 11.3 Å². The number of rotatable bonds is 6. The molecule has 4 rings (SSSR count). The van der Waals surface area contributed by atoms with Crippen molar-refractivity contribution >= 4 is 56.5 Å². The van der Waals surface area contributed by atoms with Gasteiger partial charge in [-0.15, -0.1) is 6.58 Å². The van der Waals surface area contributed by atoms with Crippen molar-refractivity contribution in [2.24, 2.45) is 5.92 Å². The summed E-state index contributed by atoms with van der Waals surface area (Å²) in [6.07, 6.45) is 1.51. The molecule has 0 spiro atoms. The lowest BCUT2D eigenvalue weighted by Crippen LogP contribution is -2.42. The van der Waals surface area contributed by atoms with Gasteiger partial charge in [0, 0.05) is 24.5 Å². The number of ether oxygens (including phenoxy) is 2. The summed E-state index contributed by atoms with van der Waals surface area (Å²) in [5, 5.41) is 3.30. The molecular formula is C23H24BrN3O5S. The Labute approximate surface area is 204 Å². The van der Waals surface area contributed by atoms with E-state index >= 15 is 0 Å². The van der Waals surface area contributed by atoms with E-state index in [1.54, 1.807) is 28.0 Å². The van der Waals surface area contributed by atoms with Gasteiger partial charge in [-0.3, -0.25) is 9.59 Å². The molecule has 8 nitrogen and oxygen atoms in total. The number of allylic oxidation sites excluding steroid dienone is 1. The second-order valence-electron chi connectivity index (χ2n) is 7.85. The third-order valence-corrected chi connectivity index (χ3v) is 7.18. The third-order valence-electron chi connectivity index (χ3n) is 5.68. The average molecular weight is 534 g/mol. The van der Waals surface area contributed by atoms with Crippen LogP contribution in [0.4, 0.5) is 16.2 Å². The molecule has 2 atom stereocenters. The highest BCUT2D eigenvalue weighted by atomic mass is 79.9. The van der Waals surface area contributed by atoms with Gasteiger partial charge in [-0.05, 0) is 65.2 Å². The topological polar surface area (TPSA) is 88.2 Å². The highest BCUT2D eigenvalue weighted by Crippen LogP contribution is 2.33. The summed E-state index contributed by atoms with van der Waals surface area (Å²) in [4.78, 5) is 41.2. The van der Waals surface area contributed by atoms with Crippen LogP contribution in [0.2, 0.25) is 0 Å². The van der Waals surface area contributed by atoms with Gasteiger partial charge in [0.25, 0.3) is 5.91 Å². The fourth-order valence-corrected chi connectivity index (χ4v) is 5.31. The zero-order valence-corrected chi connectivity index (χ0v) is 20.5. The standard InChI is InChI=1S/C23H24BrN3O5S/c1-3-4-16-17(25-23(30)32-21-8-7-19(24)33-21)12-27(22(16)29)15-5-6-18(14(2)11-15)26-9-10-31-13-20(26)28/h3,5-8,11,16-17H,1,4,9-10,12-13H2,2H3,(H,25,30)/t16-,17+/m1/s1. The number of carbonyl (C=O) groups is 3. The molecule has 2 aromatic rings. The van der Waals surface area contributed by atoms with Gasteiger partial charge in [-0.2, -0.15) is 0 Å². The van der Waals surface area contributed by atoms with E-state index in [9.17, 15) is 14.4 Å². The number of hydrogen-bond donors (Lipinski definition) is 1. The number of benzene rings is 1. The Hall–Kier alpha value is -2.69. The quantitative estimate of drug-likeness (QED) is 0.569. The Bertz CT molecular complexity index is 1090. The van der Waals surface area contributed by atoms with Gasteiger partial charge >= 0.3 is 6.09 Å². The number of nitrogens with one attached hydrogen (secondary N) is 1. The summed E-state index contributed by atoms with van der Waals surface area (Å²) in [5.41, 5.74) is 2.41. The molecule has 3 heterocycles. The number of amides is 3. The average Bonchev–Trinajstić information content (AvgIpc) is 3.32. The zero-order chi connectivity index (χ0) is 23.5. The predicted octanol–water partition coefficient (Wildman–Crippen LogP) is 3.88. The molecule has 2 fully saturated rings. The second kappa shape index (κ2) is 10.1. The molecule has 1 aromatic carbocycles. The molecule has 2 aliphatic heterocycles. The molecule has 0 aliphatic carbocycles. The van der Waals surface area contributed by atoms with E-state index in [0.717, 1.165) is 20.7 Å². The van der Waals surface area contributed by atoms with Crippen LogP contribution in [-0.4, -0.2) is 50.3 Å². The zero-order valence-electron chi connectivity index (χ0n) is 18.1. The van der Waals surface area contributed by atoms with Crippen LogP contribution >= 0.6 is 27.3 Å². The summed E-state index contributed by atoms with van der Waals surface area (Å²) in [5.74, 6) is -0.611. The first kappa shape index (κ1) is 23.5. The molecule has 2 saturated heterocycles. The van der Waals surface area contributed by atoms with Crippen molar-refractivity contribution in [1.29, 1.82) is 0 Å². The van der Waals surface area contributed by atoms with Gasteiger partial charge in [0.15, 0.2) is 5.06 Å². The first-order valence-corrected chi connectivity index (χ1v) is 12.1. The SMILES string of the molecule is C=CC[C@H]1C(=O)N(c2ccc(N3CCOCC3=O)c(C)c2)C[C@@H]1NC(=O)Oc1ccc(Br)s1. The first-order valence-electron chi connectivity index (χ1n) is 10.5. The van der Waals surface area contributed by atoms with Crippen LogP contribution in [0.25, 0.3) is 0 Å². The normalized spacial score (nSPS) is 20.8. The van der Waals surface area contributed by atoms with Crippen molar-refractivity contribution in [2.45, 2.75) is 19.4 Å². The van der Waals surface area contributed by atoms with E-state index in [4.69, 9.17) is 9.47 Å². The van der Waals surface area contributed by atoms with Crippen LogP contribution < -0.4 is 19.9 Å². The molecule has 1 aromatic heterocycles. The van der Waals surface area contributed by atoms with E-state index < -0.39 is 18.1 Å². The van der Waals surface area contributed by atoms with Crippen LogP contribution in [0.3, 0.4) is 0 Å². The highest BCUT2D eigenvalue weighted by molar-refractivity contribution is 9.11. The van der Waals surface area contributed by atoms with Gasteiger partial charge in [0.1, 0.15) is 6.61 Å². The molecule has 10 heteroatoms. The van der Waals surface area contributed by atoms with Crippen molar-refractivity contribution in [1.82, 2.24) is 5.32 Å². The molecule has 2 aliphatic rings. The van der Waals surface area contributed by atoms with Crippen molar-refractivity contribution < 1.29 is 23.9 Å². The van der Waals surface area contributed by atoms with Crippen LogP contribution in [0.5, 0.6) is 5.06 Å². The van der Waals surface area contributed by atoms with Crippen LogP contribution in [0.1, 0.15) is 12.0 Å². The predicted molar refractivity (Wildman–Crippen MR) is 130 cm³/mol. The summed E-state index contributed by atoms with van der Waals surface area (Å²) in [6.45, 7) is 7.05. The minimum Gasteiger partial charge on any atom is -0.399 e. The van der Waals surface area contributed by atoms with E-state index in [1.807, 2.05) is 25.1 Å². The van der Waals surface area contributed by atoms with Gasteiger partial charge in [0.2, 0.25) is 5.91 Å². The van der Waals surface area contributed by atoms with E-state index in [2.05, 4.69) is 27.8 Å². The maximum Gasteiger partial charge on any atom is 0.413 e. The Balaban J connectivity index is 1.50. The maximum absolute atomic E-state index is 13.2. The van der Waals surface area contributed by atoms with Crippen molar-refractivity contribution in [3.63, 3.8) is 0 Å². The number of nitrogens with zero attached hydrogens (tertiary/aromatic N) is 2. The van der Waals surface area contributed by atoms with Gasteiger partial charge in [-0.25, -0.2) is 4.79 Å². The minimum absolute atomic E-state index is 0.0703. The molecule has 0 saturated carbocycles. The summed E-state index contributed by atoms with van der Waals surface area (Å²) < 4.78 is 11.4. The van der Waals surface area contributed by atoms with Crippen LogP contribution in [-0.2, 0) is 14.3 Å². The van der Waals surface area contributed by atoms with Crippen LogP contribution in [0.15, 0.2) is 46.8 Å². The molecule has 0 bridgehead atoms. The minimum atomic E-state index is -0.601. The van der Waals surface area contributed by atoms with E-state index in [0.29, 0.717) is 31.2 Å². The lowest BCUT2D eigenvalue weighted by Gasteiger charge is -2.29. The molecule has 33 heavy (non-hydrogen) atoms. The van der Waals surface area contributed by atoms with Crippen molar-refractivity contribution in [2.75, 3.05) is 36.1 Å². The first-order chi connectivity index (χ1) is 15.9. The number of aryl methyl sites for hydroxylation is 1. The van der Waals surface area contributed by atoms with Crippen LogP contribution in [0, 0.1) is 12.8 Å². The summed E-state index contributed by atoms with van der Waals surface area (Å²) in [7, 11) is 0. The highest BCUT2D eigenvalue weighted by Gasteiger charge is 2.41. The molecular weight excluding hydrogens is 510 g/mol. The monoisotopic (exact) mass is 533 g/mol. The largest absolute Gasteiger partial charge is 0.413 e. The fourth-order valence-electron chi connectivity index (χ4n) is 4.12. The molecule has 0 radical (unpaired) electrons. The third kappa shape index (κ3) is 5.13. The Morgan fingerprint density at radius 3 is 2.82 bits per heavy atom. The number of carbonyl (C=O) groups excluding carboxylic acids is 3. The molecule has 0 unspecified atom stereocenters. The lowest BCUT2D eigenvalue weighted by atomic mass is 9.99. The Morgan fingerprint density at radius 2 is 2.15 bits per heavy atom. The Morgan fingerprint density at radius 1 is 1.33 bits per heavy atom. The summed E-state index contributed by atoms with van der Waals surface area (Å²) in [6, 6.07) is 8.65. The lowest BCUT2D eigenvalue weighted by molar-refractivity contribution is -0.125. The second-order valence-corrected chi connectivity index (χ2v) is 10.3. The molecule has 1 N–H and O–H groups in total. The number of thiophene rings is 1. The number of morpholine rings is 1. The van der Waals surface area contributed by atoms with Gasteiger partial charge < -0.3 is 24.6 Å². The number of hydrogen-bond acceptors (Lipinski definition) is 6. The van der Waals surface area contributed by atoms with Crippen molar-refractivity contribution in [3.05, 3.63) is 52.3 Å². The Kier molecular flexibility index (Phi) is 7.16. The smallest absolute Gasteiger partial charge is 0.399 e. The summed E-state index contributed by atoms with van der Waals surface area (Å²) >= 11 is 4.64.